The van der Waals surface area contributed by atoms with Gasteiger partial charge in [0, 0.05) is 17.7 Å². The summed E-state index contributed by atoms with van der Waals surface area (Å²) in [5, 5.41) is 22.0. The molecule has 0 bridgehead atoms. The number of nitrogens with zero attached hydrogens (tertiary/aromatic N) is 1. The lowest BCUT2D eigenvalue weighted by molar-refractivity contribution is -0.385. The maximum Gasteiger partial charge on any atom is 0.269 e. The second kappa shape index (κ2) is 4.98. The number of nitrogens with one attached hydrogen (secondary N) is 2. The Balaban J connectivity index is 2.09. The van der Waals surface area contributed by atoms with Crippen LogP contribution >= 0.6 is 0 Å². The van der Waals surface area contributed by atoms with Gasteiger partial charge in [0.05, 0.1) is 16.2 Å². The van der Waals surface area contributed by atoms with Gasteiger partial charge >= 0.3 is 0 Å². The molecule has 1 aromatic rings. The number of hydrogen-bond donors (Lipinski definition) is 2. The highest BCUT2D eigenvalue weighted by Gasteiger charge is 2.60. The Kier molecular flexibility index (Phi) is 3.49. The predicted octanol–water partition coefficient (Wildman–Crippen LogP) is 2.11. The number of non-ortho nitro benzene ring substituents is 1. The van der Waals surface area contributed by atoms with Gasteiger partial charge in [-0.05, 0) is 38.7 Å². The predicted molar refractivity (Wildman–Crippen MR) is 86.2 cm³/mol. The summed E-state index contributed by atoms with van der Waals surface area (Å²) in [6, 6.07) is 3.01. The minimum atomic E-state index is -3.74. The zero-order chi connectivity index (χ0) is 17.9. The van der Waals surface area contributed by atoms with Crippen LogP contribution < -0.4 is 5.32 Å². The van der Waals surface area contributed by atoms with Crippen molar-refractivity contribution in [1.82, 2.24) is 5.32 Å². The molecular weight excluding hydrogens is 337 g/mol. The van der Waals surface area contributed by atoms with Crippen molar-refractivity contribution in [3.8, 4) is 0 Å². The number of benzene rings is 1. The summed E-state index contributed by atoms with van der Waals surface area (Å²) >= 11 is 0. The molecule has 1 aromatic carbocycles. The molecule has 2 N–H and O–H groups in total. The maximum atomic E-state index is 14.3. The van der Waals surface area contributed by atoms with Crippen molar-refractivity contribution in [2.24, 2.45) is 5.92 Å². The molecular formula is C15H18FN3O4S. The monoisotopic (exact) mass is 355 g/mol. The van der Waals surface area contributed by atoms with Crippen LogP contribution in [0.4, 0.5) is 10.1 Å². The molecule has 1 aliphatic heterocycles. The van der Waals surface area contributed by atoms with E-state index in [4.69, 9.17) is 5.41 Å². The zero-order valence-corrected chi connectivity index (χ0v) is 14.1. The number of halogens is 1. The molecule has 7 nitrogen and oxygen atoms in total. The lowest BCUT2D eigenvalue weighted by Crippen LogP contribution is -2.66. The van der Waals surface area contributed by atoms with Crippen LogP contribution in [0.1, 0.15) is 32.3 Å². The molecule has 2 fully saturated rings. The van der Waals surface area contributed by atoms with Crippen LogP contribution in [-0.4, -0.2) is 29.7 Å². The van der Waals surface area contributed by atoms with E-state index in [0.29, 0.717) is 0 Å². The van der Waals surface area contributed by atoms with E-state index in [-0.39, 0.29) is 23.0 Å². The van der Waals surface area contributed by atoms with E-state index in [1.54, 1.807) is 0 Å². The Morgan fingerprint density at radius 2 is 2.00 bits per heavy atom. The summed E-state index contributed by atoms with van der Waals surface area (Å²) in [6.45, 7) is 2.98. The van der Waals surface area contributed by atoms with Crippen LogP contribution in [0.25, 0.3) is 0 Å². The smallest absolute Gasteiger partial charge is 0.269 e. The van der Waals surface area contributed by atoms with E-state index in [1.807, 2.05) is 0 Å². The van der Waals surface area contributed by atoms with E-state index in [0.717, 1.165) is 31.0 Å². The van der Waals surface area contributed by atoms with Gasteiger partial charge in [-0.1, -0.05) is 0 Å². The number of sulfone groups is 1. The van der Waals surface area contributed by atoms with Crippen LogP contribution in [0, 0.1) is 27.3 Å². The van der Waals surface area contributed by atoms with Crippen molar-refractivity contribution < 1.29 is 17.7 Å². The van der Waals surface area contributed by atoms with E-state index in [1.165, 1.54) is 13.8 Å². The molecule has 1 heterocycles. The Morgan fingerprint density at radius 1 is 1.38 bits per heavy atom. The number of rotatable bonds is 3. The van der Waals surface area contributed by atoms with Gasteiger partial charge in [-0.25, -0.2) is 12.8 Å². The summed E-state index contributed by atoms with van der Waals surface area (Å²) in [4.78, 5) is 10.3. The van der Waals surface area contributed by atoms with Crippen molar-refractivity contribution >= 4 is 21.4 Å². The van der Waals surface area contributed by atoms with Crippen LogP contribution in [0.3, 0.4) is 0 Å². The number of nitro groups is 1. The maximum absolute atomic E-state index is 14.3. The number of nitro benzene ring substituents is 1. The first-order valence-corrected chi connectivity index (χ1v) is 9.20. The summed E-state index contributed by atoms with van der Waals surface area (Å²) in [7, 11) is -3.74. The Bertz CT molecular complexity index is 852. The fraction of sp³-hybridized carbons (Fsp3) is 0.533. The molecule has 130 valence electrons. The second-order valence-electron chi connectivity index (χ2n) is 6.89. The summed E-state index contributed by atoms with van der Waals surface area (Å²) < 4.78 is 38.7. The van der Waals surface area contributed by atoms with E-state index in [9.17, 15) is 22.9 Å². The standard InChI is InChI=1S/C15H18FN3O4S/c1-14(11-7-10(19(20)21)5-6-12(11)16)8-24(22,23)15(2,9-3-4-9)13(17)18-14/h5-7,9H,3-4,8H2,1-2H3,(H2,17,18)/t14-,15-/m0/s1. The second-order valence-corrected chi connectivity index (χ2v) is 9.26. The average molecular weight is 355 g/mol. The third-order valence-electron chi connectivity index (χ3n) is 5.13. The van der Waals surface area contributed by atoms with Crippen LogP contribution in [0.2, 0.25) is 0 Å². The molecule has 0 radical (unpaired) electrons. The van der Waals surface area contributed by atoms with E-state index < -0.39 is 36.6 Å². The summed E-state index contributed by atoms with van der Waals surface area (Å²) in [5.74, 6) is -1.45. The fourth-order valence-corrected chi connectivity index (χ4v) is 5.80. The lowest BCUT2D eigenvalue weighted by Gasteiger charge is -2.45. The van der Waals surface area contributed by atoms with E-state index in [2.05, 4.69) is 5.32 Å². The molecule has 2 atom stereocenters. The van der Waals surface area contributed by atoms with Gasteiger partial charge in [-0.2, -0.15) is 0 Å². The quantitative estimate of drug-likeness (QED) is 0.637. The average Bonchev–Trinajstić information content (AvgIpc) is 3.28. The highest BCUT2D eigenvalue weighted by atomic mass is 32.2. The zero-order valence-electron chi connectivity index (χ0n) is 13.3. The van der Waals surface area contributed by atoms with Gasteiger partial charge in [0.2, 0.25) is 0 Å². The van der Waals surface area contributed by atoms with Crippen LogP contribution in [0.15, 0.2) is 18.2 Å². The lowest BCUT2D eigenvalue weighted by atomic mass is 9.90. The normalized spacial score (nSPS) is 32.2. The molecule has 1 aliphatic carbocycles. The topological polar surface area (TPSA) is 113 Å². The minimum absolute atomic E-state index is 0.109. The van der Waals surface area contributed by atoms with Crippen molar-refractivity contribution in [3.63, 3.8) is 0 Å². The van der Waals surface area contributed by atoms with Gasteiger partial charge < -0.3 is 5.32 Å². The first kappa shape index (κ1) is 16.8. The first-order valence-electron chi connectivity index (χ1n) is 7.55. The molecule has 0 spiro atoms. The van der Waals surface area contributed by atoms with Gasteiger partial charge in [-0.15, -0.1) is 0 Å². The molecule has 0 unspecified atom stereocenters. The third-order valence-corrected chi connectivity index (χ3v) is 7.92. The molecule has 3 rings (SSSR count). The number of hydrogen-bond acceptors (Lipinski definition) is 5. The molecule has 24 heavy (non-hydrogen) atoms. The van der Waals surface area contributed by atoms with Gasteiger partial charge in [0.15, 0.2) is 9.84 Å². The SMILES string of the molecule is C[C@@]1(c2cc([N+](=O)[O-])ccc2F)CS(=O)(=O)[C@@](C)(C2CC2)C(=N)N1. The Labute approximate surface area is 138 Å². The van der Waals surface area contributed by atoms with Gasteiger partial charge in [0.1, 0.15) is 16.4 Å². The highest BCUT2D eigenvalue weighted by Crippen LogP contribution is 2.48. The van der Waals surface area contributed by atoms with Gasteiger partial charge in [-0.3, -0.25) is 15.5 Å². The number of amidine groups is 1. The van der Waals surface area contributed by atoms with Crippen molar-refractivity contribution in [3.05, 3.63) is 39.7 Å². The molecule has 0 amide bonds. The van der Waals surface area contributed by atoms with Crippen LogP contribution in [0.5, 0.6) is 0 Å². The molecule has 1 saturated carbocycles. The third kappa shape index (κ3) is 2.29. The molecule has 0 aromatic heterocycles. The van der Waals surface area contributed by atoms with Gasteiger partial charge in [0.25, 0.3) is 5.69 Å². The van der Waals surface area contributed by atoms with Crippen molar-refractivity contribution in [2.75, 3.05) is 5.75 Å². The highest BCUT2D eigenvalue weighted by molar-refractivity contribution is 7.93. The Hall–Kier alpha value is -2.03. The largest absolute Gasteiger partial charge is 0.362 e. The van der Waals surface area contributed by atoms with Crippen molar-refractivity contribution in [2.45, 2.75) is 37.0 Å². The summed E-state index contributed by atoms with van der Waals surface area (Å²) in [6.07, 6.45) is 1.48. The summed E-state index contributed by atoms with van der Waals surface area (Å²) in [5.41, 5.74) is -1.88. The molecule has 2 aliphatic rings. The molecule has 9 heteroatoms. The van der Waals surface area contributed by atoms with E-state index >= 15 is 0 Å². The molecule has 1 saturated heterocycles. The first-order chi connectivity index (χ1) is 11.0. The van der Waals surface area contributed by atoms with Crippen LogP contribution in [-0.2, 0) is 15.4 Å². The van der Waals surface area contributed by atoms with Crippen molar-refractivity contribution in [1.29, 1.82) is 5.41 Å². The minimum Gasteiger partial charge on any atom is -0.362 e. The fourth-order valence-electron chi connectivity index (χ4n) is 3.41. The Morgan fingerprint density at radius 3 is 2.50 bits per heavy atom.